The van der Waals surface area contributed by atoms with Gasteiger partial charge in [-0.1, -0.05) is 6.07 Å². The van der Waals surface area contributed by atoms with E-state index in [-0.39, 0.29) is 12.2 Å². The summed E-state index contributed by atoms with van der Waals surface area (Å²) in [6, 6.07) is 10.0. The minimum atomic E-state index is -0.501. The molecule has 3 aromatic rings. The SMILES string of the molecule is Cc1cccc2nc(COC(=O)c3cccnc3)cc(=O)n12. The van der Waals surface area contributed by atoms with E-state index in [2.05, 4.69) is 9.97 Å². The number of carbonyl (C=O) groups is 1. The minimum Gasteiger partial charge on any atom is -0.456 e. The van der Waals surface area contributed by atoms with Gasteiger partial charge in [-0.2, -0.15) is 0 Å². The summed E-state index contributed by atoms with van der Waals surface area (Å²) in [6.07, 6.45) is 3.00. The fourth-order valence-corrected chi connectivity index (χ4v) is 2.14. The maximum absolute atomic E-state index is 12.1. The van der Waals surface area contributed by atoms with Gasteiger partial charge in [0.1, 0.15) is 12.3 Å². The Labute approximate surface area is 126 Å². The van der Waals surface area contributed by atoms with E-state index in [9.17, 15) is 9.59 Å². The summed E-state index contributed by atoms with van der Waals surface area (Å²) in [6.45, 7) is 1.77. The first-order valence-electron chi connectivity index (χ1n) is 6.70. The van der Waals surface area contributed by atoms with Gasteiger partial charge in [-0.25, -0.2) is 9.78 Å². The van der Waals surface area contributed by atoms with E-state index >= 15 is 0 Å². The highest BCUT2D eigenvalue weighted by Gasteiger charge is 2.09. The molecule has 0 aliphatic heterocycles. The molecule has 3 aromatic heterocycles. The van der Waals surface area contributed by atoms with Crippen LogP contribution in [0.15, 0.2) is 53.6 Å². The van der Waals surface area contributed by atoms with Crippen molar-refractivity contribution in [1.29, 1.82) is 0 Å². The first-order valence-corrected chi connectivity index (χ1v) is 6.70. The summed E-state index contributed by atoms with van der Waals surface area (Å²) in [7, 11) is 0. The Morgan fingerprint density at radius 1 is 1.27 bits per heavy atom. The lowest BCUT2D eigenvalue weighted by atomic mass is 10.3. The fourth-order valence-electron chi connectivity index (χ4n) is 2.14. The number of pyridine rings is 2. The Bertz CT molecular complexity index is 888. The van der Waals surface area contributed by atoms with E-state index in [1.807, 2.05) is 19.1 Å². The average molecular weight is 295 g/mol. The predicted octanol–water partition coefficient (Wildman–Crippen LogP) is 1.75. The molecule has 0 spiro atoms. The normalized spacial score (nSPS) is 10.6. The molecule has 0 aliphatic rings. The summed E-state index contributed by atoms with van der Waals surface area (Å²) < 4.78 is 6.67. The number of carbonyl (C=O) groups excluding carboxylic acids is 1. The van der Waals surface area contributed by atoms with Crippen LogP contribution in [0, 0.1) is 6.92 Å². The van der Waals surface area contributed by atoms with Crippen molar-refractivity contribution in [3.05, 3.63) is 76.1 Å². The quantitative estimate of drug-likeness (QED) is 0.688. The lowest BCUT2D eigenvalue weighted by Crippen LogP contribution is -2.18. The van der Waals surface area contributed by atoms with Gasteiger partial charge in [-0.3, -0.25) is 14.2 Å². The van der Waals surface area contributed by atoms with Crippen LogP contribution in [0.25, 0.3) is 5.65 Å². The zero-order valence-corrected chi connectivity index (χ0v) is 11.9. The van der Waals surface area contributed by atoms with E-state index in [1.165, 1.54) is 16.7 Å². The fraction of sp³-hybridized carbons (Fsp3) is 0.125. The Morgan fingerprint density at radius 2 is 2.14 bits per heavy atom. The van der Waals surface area contributed by atoms with Crippen LogP contribution >= 0.6 is 0 Å². The molecule has 22 heavy (non-hydrogen) atoms. The van der Waals surface area contributed by atoms with Crippen LogP contribution in [0.4, 0.5) is 0 Å². The first kappa shape index (κ1) is 13.9. The van der Waals surface area contributed by atoms with Crippen molar-refractivity contribution in [2.24, 2.45) is 0 Å². The van der Waals surface area contributed by atoms with Gasteiger partial charge in [-0.05, 0) is 31.2 Å². The average Bonchev–Trinajstić information content (AvgIpc) is 2.53. The molecular weight excluding hydrogens is 282 g/mol. The van der Waals surface area contributed by atoms with Crippen molar-refractivity contribution in [2.75, 3.05) is 0 Å². The number of aromatic nitrogens is 3. The summed E-state index contributed by atoms with van der Waals surface area (Å²) in [5.74, 6) is -0.501. The Kier molecular flexibility index (Phi) is 3.65. The summed E-state index contributed by atoms with van der Waals surface area (Å²) in [5.41, 5.74) is 1.90. The molecule has 0 atom stereocenters. The molecule has 0 N–H and O–H groups in total. The molecular formula is C16H13N3O3. The van der Waals surface area contributed by atoms with E-state index < -0.39 is 5.97 Å². The smallest absolute Gasteiger partial charge is 0.340 e. The van der Waals surface area contributed by atoms with Crippen molar-refractivity contribution in [3.8, 4) is 0 Å². The topological polar surface area (TPSA) is 73.6 Å². The van der Waals surface area contributed by atoms with E-state index in [4.69, 9.17) is 4.74 Å². The third kappa shape index (κ3) is 2.71. The van der Waals surface area contributed by atoms with Gasteiger partial charge in [-0.15, -0.1) is 0 Å². The number of nitrogens with zero attached hydrogens (tertiary/aromatic N) is 3. The Morgan fingerprint density at radius 3 is 2.91 bits per heavy atom. The second kappa shape index (κ2) is 5.77. The van der Waals surface area contributed by atoms with E-state index in [1.54, 1.807) is 24.4 Å². The molecule has 0 aliphatic carbocycles. The van der Waals surface area contributed by atoms with Crippen LogP contribution in [0.2, 0.25) is 0 Å². The molecule has 0 radical (unpaired) electrons. The molecule has 0 saturated carbocycles. The number of rotatable bonds is 3. The molecule has 0 aromatic carbocycles. The highest BCUT2D eigenvalue weighted by molar-refractivity contribution is 5.88. The standard InChI is InChI=1S/C16H13N3O3/c1-11-4-2-6-14-18-13(8-15(20)19(11)14)10-22-16(21)12-5-3-7-17-9-12/h2-9H,10H2,1H3. The number of fused-ring (bicyclic) bond motifs is 1. The van der Waals surface area contributed by atoms with Gasteiger partial charge in [0.05, 0.1) is 11.3 Å². The molecule has 6 nitrogen and oxygen atoms in total. The van der Waals surface area contributed by atoms with Gasteiger partial charge in [0.2, 0.25) is 0 Å². The van der Waals surface area contributed by atoms with Crippen LogP contribution in [0.3, 0.4) is 0 Å². The van der Waals surface area contributed by atoms with Gasteiger partial charge >= 0.3 is 5.97 Å². The molecule has 3 heterocycles. The molecule has 6 heteroatoms. The van der Waals surface area contributed by atoms with E-state index in [0.717, 1.165) is 5.69 Å². The van der Waals surface area contributed by atoms with Crippen molar-refractivity contribution in [3.63, 3.8) is 0 Å². The van der Waals surface area contributed by atoms with Crippen LogP contribution in [0.1, 0.15) is 21.7 Å². The van der Waals surface area contributed by atoms with Crippen LogP contribution in [0.5, 0.6) is 0 Å². The Balaban J connectivity index is 1.83. The number of hydrogen-bond donors (Lipinski definition) is 0. The van der Waals surface area contributed by atoms with Gasteiger partial charge in [0, 0.05) is 24.2 Å². The second-order valence-corrected chi connectivity index (χ2v) is 4.76. The number of hydrogen-bond acceptors (Lipinski definition) is 5. The zero-order chi connectivity index (χ0) is 15.5. The molecule has 3 rings (SSSR count). The predicted molar refractivity (Wildman–Crippen MR) is 79.6 cm³/mol. The summed E-state index contributed by atoms with van der Waals surface area (Å²) >= 11 is 0. The molecule has 0 unspecified atom stereocenters. The van der Waals surface area contributed by atoms with E-state index in [0.29, 0.717) is 16.9 Å². The monoisotopic (exact) mass is 295 g/mol. The maximum atomic E-state index is 12.1. The first-order chi connectivity index (χ1) is 10.6. The van der Waals surface area contributed by atoms with Crippen LogP contribution in [-0.2, 0) is 11.3 Å². The number of esters is 1. The number of ether oxygens (including phenoxy) is 1. The lowest BCUT2D eigenvalue weighted by molar-refractivity contribution is 0.0467. The van der Waals surface area contributed by atoms with Gasteiger partial charge in [0.15, 0.2) is 0 Å². The molecule has 0 amide bonds. The third-order valence-corrected chi connectivity index (χ3v) is 3.18. The molecule has 110 valence electrons. The van der Waals surface area contributed by atoms with Crippen LogP contribution in [-0.4, -0.2) is 20.3 Å². The summed E-state index contributed by atoms with van der Waals surface area (Å²) in [5, 5.41) is 0. The van der Waals surface area contributed by atoms with Crippen molar-refractivity contribution in [1.82, 2.24) is 14.4 Å². The van der Waals surface area contributed by atoms with Crippen molar-refractivity contribution in [2.45, 2.75) is 13.5 Å². The Hall–Kier alpha value is -3.02. The maximum Gasteiger partial charge on any atom is 0.340 e. The molecule has 0 bridgehead atoms. The zero-order valence-electron chi connectivity index (χ0n) is 11.9. The van der Waals surface area contributed by atoms with Crippen LogP contribution < -0.4 is 5.56 Å². The highest BCUT2D eigenvalue weighted by atomic mass is 16.5. The largest absolute Gasteiger partial charge is 0.456 e. The third-order valence-electron chi connectivity index (χ3n) is 3.18. The molecule has 0 saturated heterocycles. The minimum absolute atomic E-state index is 0.0621. The highest BCUT2D eigenvalue weighted by Crippen LogP contribution is 2.06. The van der Waals surface area contributed by atoms with Gasteiger partial charge in [0.25, 0.3) is 5.56 Å². The second-order valence-electron chi connectivity index (χ2n) is 4.76. The number of aryl methyl sites for hydroxylation is 1. The van der Waals surface area contributed by atoms with Gasteiger partial charge < -0.3 is 4.74 Å². The summed E-state index contributed by atoms with van der Waals surface area (Å²) in [4.78, 5) is 32.1. The lowest BCUT2D eigenvalue weighted by Gasteiger charge is -2.07. The van der Waals surface area contributed by atoms with Crippen molar-refractivity contribution >= 4 is 11.6 Å². The van der Waals surface area contributed by atoms with Crippen molar-refractivity contribution < 1.29 is 9.53 Å². The molecule has 0 fully saturated rings.